The van der Waals surface area contributed by atoms with Crippen molar-refractivity contribution in [1.29, 1.82) is 0 Å². The molecule has 1 aromatic carbocycles. The minimum atomic E-state index is -0.460. The minimum absolute atomic E-state index is 0.0334. The van der Waals surface area contributed by atoms with Gasteiger partial charge in [-0.15, -0.1) is 0 Å². The van der Waals surface area contributed by atoms with Crippen molar-refractivity contribution in [3.63, 3.8) is 0 Å². The second kappa shape index (κ2) is 5.55. The zero-order chi connectivity index (χ0) is 15.8. The Labute approximate surface area is 132 Å². The molecule has 0 radical (unpaired) electrons. The van der Waals surface area contributed by atoms with Crippen LogP contribution < -0.4 is 0 Å². The highest BCUT2D eigenvalue weighted by Gasteiger charge is 2.49. The predicted octanol–water partition coefficient (Wildman–Crippen LogP) is 4.00. The molecule has 112 valence electrons. The van der Waals surface area contributed by atoms with Gasteiger partial charge in [0.2, 0.25) is 0 Å². The van der Waals surface area contributed by atoms with Crippen molar-refractivity contribution in [2.75, 3.05) is 0 Å². The molecule has 1 aliphatic heterocycles. The largest absolute Gasteiger partial charge is 0.487 e. The summed E-state index contributed by atoms with van der Waals surface area (Å²) in [5.74, 6) is 1.77. The first-order valence-electron chi connectivity index (χ1n) is 6.60. The van der Waals surface area contributed by atoms with Crippen molar-refractivity contribution in [2.45, 2.75) is 38.9 Å². The van der Waals surface area contributed by atoms with Gasteiger partial charge in [0.05, 0.1) is 20.6 Å². The van der Waals surface area contributed by atoms with Crippen LogP contribution in [0.1, 0.15) is 33.3 Å². The van der Waals surface area contributed by atoms with Crippen LogP contribution in [0.3, 0.4) is 0 Å². The van der Waals surface area contributed by atoms with E-state index in [2.05, 4.69) is 15.9 Å². The SMILES string of the molecule is CC1(C)OB(/C=C/c2ccc(Br)c([N+](=O)[O-])c2)OC1(C)C. The molecule has 21 heavy (non-hydrogen) atoms. The van der Waals surface area contributed by atoms with Gasteiger partial charge in [-0.1, -0.05) is 18.1 Å². The summed E-state index contributed by atoms with van der Waals surface area (Å²) in [7, 11) is -0.460. The van der Waals surface area contributed by atoms with Crippen molar-refractivity contribution in [3.05, 3.63) is 44.3 Å². The van der Waals surface area contributed by atoms with Crippen LogP contribution in [-0.4, -0.2) is 23.2 Å². The van der Waals surface area contributed by atoms with E-state index < -0.39 is 23.2 Å². The van der Waals surface area contributed by atoms with Gasteiger partial charge < -0.3 is 9.31 Å². The summed E-state index contributed by atoms with van der Waals surface area (Å²) in [6.07, 6.45) is 1.77. The highest BCUT2D eigenvalue weighted by atomic mass is 79.9. The Bertz CT molecular complexity index is 585. The third-order valence-electron chi connectivity index (χ3n) is 3.88. The van der Waals surface area contributed by atoms with Gasteiger partial charge in [0.25, 0.3) is 5.69 Å². The normalized spacial score (nSPS) is 20.1. The zero-order valence-corrected chi connectivity index (χ0v) is 14.0. The Morgan fingerprint density at radius 1 is 1.24 bits per heavy atom. The molecule has 7 heteroatoms. The summed E-state index contributed by atoms with van der Waals surface area (Å²) in [5, 5.41) is 10.9. The predicted molar refractivity (Wildman–Crippen MR) is 85.9 cm³/mol. The van der Waals surface area contributed by atoms with Crippen LogP contribution in [0.5, 0.6) is 0 Å². The van der Waals surface area contributed by atoms with Gasteiger partial charge in [-0.25, -0.2) is 0 Å². The molecule has 0 amide bonds. The van der Waals surface area contributed by atoms with Crippen LogP contribution in [0.25, 0.3) is 6.08 Å². The standard InChI is InChI=1S/C14H17BBrNO4/c1-13(2)14(3,4)21-15(20-13)8-7-10-5-6-11(16)12(9-10)17(18)19/h5-9H,1-4H3/b8-7+. The Kier molecular flexibility index (Phi) is 4.28. The third-order valence-corrected chi connectivity index (χ3v) is 4.55. The van der Waals surface area contributed by atoms with Gasteiger partial charge in [0.1, 0.15) is 0 Å². The highest BCUT2D eigenvalue weighted by molar-refractivity contribution is 9.10. The summed E-state index contributed by atoms with van der Waals surface area (Å²) in [5.41, 5.74) is -0.0350. The Hall–Kier alpha value is -1.18. The average molecular weight is 354 g/mol. The maximum atomic E-state index is 10.9. The van der Waals surface area contributed by atoms with Gasteiger partial charge in [0.15, 0.2) is 0 Å². The van der Waals surface area contributed by atoms with Gasteiger partial charge >= 0.3 is 7.12 Å². The number of hydrogen-bond acceptors (Lipinski definition) is 4. The van der Waals surface area contributed by atoms with Crippen molar-refractivity contribution >= 4 is 34.8 Å². The van der Waals surface area contributed by atoms with Gasteiger partial charge in [-0.2, -0.15) is 0 Å². The number of rotatable bonds is 3. The molecule has 0 N–H and O–H groups in total. The lowest BCUT2D eigenvalue weighted by atomic mass is 9.89. The van der Waals surface area contributed by atoms with Crippen LogP contribution in [0, 0.1) is 10.1 Å². The zero-order valence-electron chi connectivity index (χ0n) is 12.4. The van der Waals surface area contributed by atoms with E-state index in [0.717, 1.165) is 5.56 Å². The molecule has 0 spiro atoms. The molecule has 1 aromatic rings. The van der Waals surface area contributed by atoms with Crippen molar-refractivity contribution < 1.29 is 14.2 Å². The van der Waals surface area contributed by atoms with Crippen LogP contribution in [0.15, 0.2) is 28.6 Å². The van der Waals surface area contributed by atoms with Gasteiger partial charge in [0, 0.05) is 6.07 Å². The maximum Gasteiger partial charge on any atom is 0.487 e. The van der Waals surface area contributed by atoms with Gasteiger partial charge in [-0.3, -0.25) is 10.1 Å². The summed E-state index contributed by atoms with van der Waals surface area (Å²) in [6.45, 7) is 7.91. The molecule has 1 heterocycles. The number of nitro groups is 1. The first-order valence-corrected chi connectivity index (χ1v) is 7.39. The molecule has 2 rings (SSSR count). The monoisotopic (exact) mass is 353 g/mol. The molecule has 0 unspecified atom stereocenters. The molecule has 0 aromatic heterocycles. The maximum absolute atomic E-state index is 10.9. The first kappa shape index (κ1) is 16.2. The lowest BCUT2D eigenvalue weighted by Crippen LogP contribution is -2.41. The van der Waals surface area contributed by atoms with Crippen molar-refractivity contribution in [1.82, 2.24) is 0 Å². The fraction of sp³-hybridized carbons (Fsp3) is 0.429. The molecular formula is C14H17BBrNO4. The molecule has 0 saturated carbocycles. The van der Waals surface area contributed by atoms with Gasteiger partial charge in [-0.05, 0) is 55.3 Å². The lowest BCUT2D eigenvalue weighted by Gasteiger charge is -2.32. The highest BCUT2D eigenvalue weighted by Crippen LogP contribution is 2.37. The Morgan fingerprint density at radius 3 is 2.33 bits per heavy atom. The average Bonchev–Trinajstić information content (AvgIpc) is 2.56. The molecule has 0 atom stereocenters. The van der Waals surface area contributed by atoms with E-state index in [1.54, 1.807) is 24.2 Å². The molecule has 5 nitrogen and oxygen atoms in total. The number of nitrogens with zero attached hydrogens (tertiary/aromatic N) is 1. The minimum Gasteiger partial charge on any atom is -0.400 e. The first-order chi connectivity index (χ1) is 9.62. The quantitative estimate of drug-likeness (QED) is 0.468. The number of nitro benzene ring substituents is 1. The molecular weight excluding hydrogens is 337 g/mol. The Balaban J connectivity index is 2.16. The van der Waals surface area contributed by atoms with E-state index >= 15 is 0 Å². The smallest absolute Gasteiger partial charge is 0.400 e. The van der Waals surface area contributed by atoms with E-state index in [0.29, 0.717) is 4.47 Å². The molecule has 1 aliphatic rings. The fourth-order valence-electron chi connectivity index (χ4n) is 1.93. The summed E-state index contributed by atoms with van der Waals surface area (Å²) < 4.78 is 12.1. The number of benzene rings is 1. The van der Waals surface area contributed by atoms with Crippen molar-refractivity contribution in [2.24, 2.45) is 0 Å². The number of halogens is 1. The molecule has 1 saturated heterocycles. The molecule has 0 aliphatic carbocycles. The van der Waals surface area contributed by atoms with E-state index in [9.17, 15) is 10.1 Å². The third kappa shape index (κ3) is 3.36. The lowest BCUT2D eigenvalue weighted by molar-refractivity contribution is -0.385. The van der Waals surface area contributed by atoms with E-state index in [-0.39, 0.29) is 5.69 Å². The van der Waals surface area contributed by atoms with E-state index in [4.69, 9.17) is 9.31 Å². The van der Waals surface area contributed by atoms with Crippen molar-refractivity contribution in [3.8, 4) is 0 Å². The van der Waals surface area contributed by atoms with Crippen LogP contribution in [-0.2, 0) is 9.31 Å². The number of hydrogen-bond donors (Lipinski definition) is 0. The Morgan fingerprint density at radius 2 is 1.81 bits per heavy atom. The summed E-state index contributed by atoms with van der Waals surface area (Å²) in [6, 6.07) is 4.95. The molecule has 1 fully saturated rings. The van der Waals surface area contributed by atoms with Crippen LogP contribution in [0.4, 0.5) is 5.69 Å². The summed E-state index contributed by atoms with van der Waals surface area (Å²) >= 11 is 3.16. The second-order valence-electron chi connectivity index (χ2n) is 5.95. The second-order valence-corrected chi connectivity index (χ2v) is 6.81. The van der Waals surface area contributed by atoms with E-state index in [1.807, 2.05) is 27.7 Å². The molecule has 0 bridgehead atoms. The van der Waals surface area contributed by atoms with Crippen LogP contribution in [0.2, 0.25) is 0 Å². The van der Waals surface area contributed by atoms with E-state index in [1.165, 1.54) is 6.07 Å². The summed E-state index contributed by atoms with van der Waals surface area (Å²) in [4.78, 5) is 10.5. The fourth-order valence-corrected chi connectivity index (χ4v) is 2.32. The van der Waals surface area contributed by atoms with Crippen LogP contribution >= 0.6 is 15.9 Å². The topological polar surface area (TPSA) is 61.6 Å².